The molecule has 4 rings (SSSR count). The number of para-hydroxylation sites is 2. The number of amides is 1. The van der Waals surface area contributed by atoms with Gasteiger partial charge >= 0.3 is 0 Å². The van der Waals surface area contributed by atoms with Gasteiger partial charge in [0, 0.05) is 43.1 Å². The van der Waals surface area contributed by atoms with Crippen molar-refractivity contribution in [3.05, 3.63) is 58.3 Å². The Morgan fingerprint density at radius 1 is 1.23 bits per heavy atom. The molecule has 1 fully saturated rings. The standard InChI is InChI=1S/C21H23BrN4O3S/c1-25(2)30(28,29)19-12-14(9-10-16(19)22)21(27)26-11-5-6-15(13-26)20-23-17-7-3-4-8-18(17)24-20/h3-4,7-10,12,15H,5-6,11,13H2,1-2H3,(H,23,24). The Morgan fingerprint density at radius 3 is 2.73 bits per heavy atom. The van der Waals surface area contributed by atoms with Crippen molar-refractivity contribution in [2.75, 3.05) is 27.2 Å². The lowest BCUT2D eigenvalue weighted by Crippen LogP contribution is -2.39. The van der Waals surface area contributed by atoms with Crippen molar-refractivity contribution in [3.63, 3.8) is 0 Å². The number of nitrogens with zero attached hydrogens (tertiary/aromatic N) is 3. The zero-order valence-corrected chi connectivity index (χ0v) is 19.2. The van der Waals surface area contributed by atoms with Gasteiger partial charge in [-0.05, 0) is 59.1 Å². The number of aromatic nitrogens is 2. The highest BCUT2D eigenvalue weighted by atomic mass is 79.9. The number of nitrogens with one attached hydrogen (secondary N) is 1. The number of imidazole rings is 1. The molecule has 1 aliphatic heterocycles. The van der Waals surface area contributed by atoms with Gasteiger partial charge in [0.25, 0.3) is 5.91 Å². The number of H-pyrrole nitrogens is 1. The first-order valence-electron chi connectivity index (χ1n) is 9.73. The predicted molar refractivity (Wildman–Crippen MR) is 119 cm³/mol. The van der Waals surface area contributed by atoms with Crippen LogP contribution in [0.25, 0.3) is 11.0 Å². The fourth-order valence-corrected chi connectivity index (χ4v) is 5.61. The Bertz CT molecular complexity index is 1170. The third-order valence-electron chi connectivity index (χ3n) is 5.44. The van der Waals surface area contributed by atoms with Gasteiger partial charge in [0.1, 0.15) is 5.82 Å². The molecule has 0 aliphatic carbocycles. The number of sulfonamides is 1. The van der Waals surface area contributed by atoms with Gasteiger partial charge in [-0.15, -0.1) is 0 Å². The van der Waals surface area contributed by atoms with Gasteiger partial charge in [0.2, 0.25) is 10.0 Å². The minimum atomic E-state index is -3.66. The maximum atomic E-state index is 13.2. The number of hydrogen-bond acceptors (Lipinski definition) is 4. The highest BCUT2D eigenvalue weighted by molar-refractivity contribution is 9.10. The quantitative estimate of drug-likeness (QED) is 0.605. The smallest absolute Gasteiger partial charge is 0.253 e. The second-order valence-electron chi connectivity index (χ2n) is 7.66. The number of aromatic amines is 1. The molecule has 1 aromatic heterocycles. The summed E-state index contributed by atoms with van der Waals surface area (Å²) < 4.78 is 26.7. The molecule has 0 bridgehead atoms. The number of fused-ring (bicyclic) bond motifs is 1. The van der Waals surface area contributed by atoms with Gasteiger partial charge in [0.15, 0.2) is 0 Å². The first-order valence-corrected chi connectivity index (χ1v) is 12.0. The minimum Gasteiger partial charge on any atom is -0.342 e. The first kappa shape index (κ1) is 21.0. The third-order valence-corrected chi connectivity index (χ3v) is 8.25. The third kappa shape index (κ3) is 3.89. The van der Waals surface area contributed by atoms with Crippen molar-refractivity contribution >= 4 is 42.9 Å². The summed E-state index contributed by atoms with van der Waals surface area (Å²) in [7, 11) is -0.720. The highest BCUT2D eigenvalue weighted by Crippen LogP contribution is 2.29. The number of carbonyl (C=O) groups is 1. The average Bonchev–Trinajstić information content (AvgIpc) is 3.18. The number of carbonyl (C=O) groups excluding carboxylic acids is 1. The van der Waals surface area contributed by atoms with E-state index in [9.17, 15) is 13.2 Å². The minimum absolute atomic E-state index is 0.0872. The second-order valence-corrected chi connectivity index (χ2v) is 10.6. The topological polar surface area (TPSA) is 86.4 Å². The normalized spacial score (nSPS) is 17.6. The summed E-state index contributed by atoms with van der Waals surface area (Å²) in [5.41, 5.74) is 2.27. The van der Waals surface area contributed by atoms with Crippen molar-refractivity contribution in [2.24, 2.45) is 0 Å². The van der Waals surface area contributed by atoms with Gasteiger partial charge in [-0.3, -0.25) is 4.79 Å². The Balaban J connectivity index is 1.59. The first-order chi connectivity index (χ1) is 14.3. The van der Waals surface area contributed by atoms with E-state index in [-0.39, 0.29) is 16.7 Å². The van der Waals surface area contributed by atoms with Crippen molar-refractivity contribution in [1.29, 1.82) is 0 Å². The second kappa shape index (κ2) is 8.13. The average molecular weight is 491 g/mol. The van der Waals surface area contributed by atoms with Crippen LogP contribution in [0.15, 0.2) is 51.8 Å². The van der Waals surface area contributed by atoms with E-state index in [1.54, 1.807) is 17.0 Å². The molecule has 1 N–H and O–H groups in total. The molecule has 1 atom stereocenters. The van der Waals surface area contributed by atoms with Crippen molar-refractivity contribution < 1.29 is 13.2 Å². The van der Waals surface area contributed by atoms with E-state index in [2.05, 4.69) is 20.9 Å². The molecule has 1 amide bonds. The Labute approximate surface area is 184 Å². The summed E-state index contributed by atoms with van der Waals surface area (Å²) in [6.07, 6.45) is 1.82. The maximum Gasteiger partial charge on any atom is 0.253 e. The van der Waals surface area contributed by atoms with Crippen molar-refractivity contribution in [1.82, 2.24) is 19.2 Å². The Kier molecular flexibility index (Phi) is 5.69. The summed E-state index contributed by atoms with van der Waals surface area (Å²) in [4.78, 5) is 23.1. The van der Waals surface area contributed by atoms with Crippen LogP contribution in [0.4, 0.5) is 0 Å². The Morgan fingerprint density at radius 2 is 2.00 bits per heavy atom. The van der Waals surface area contributed by atoms with Crippen LogP contribution >= 0.6 is 15.9 Å². The predicted octanol–water partition coefficient (Wildman–Crippen LogP) is 3.60. The van der Waals surface area contributed by atoms with E-state index in [1.165, 1.54) is 20.2 Å². The zero-order valence-electron chi connectivity index (χ0n) is 16.8. The summed E-state index contributed by atoms with van der Waals surface area (Å²) >= 11 is 3.29. The molecular weight excluding hydrogens is 468 g/mol. The molecule has 0 saturated carbocycles. The number of hydrogen-bond donors (Lipinski definition) is 1. The van der Waals surface area contributed by atoms with E-state index < -0.39 is 10.0 Å². The van der Waals surface area contributed by atoms with E-state index in [1.807, 2.05) is 24.3 Å². The number of rotatable bonds is 4. The van der Waals surface area contributed by atoms with E-state index in [0.717, 1.165) is 34.0 Å². The lowest BCUT2D eigenvalue weighted by Gasteiger charge is -2.32. The largest absolute Gasteiger partial charge is 0.342 e. The van der Waals surface area contributed by atoms with Crippen LogP contribution in [-0.4, -0.2) is 60.7 Å². The van der Waals surface area contributed by atoms with E-state index >= 15 is 0 Å². The Hall–Kier alpha value is -2.23. The lowest BCUT2D eigenvalue weighted by molar-refractivity contribution is 0.0704. The van der Waals surface area contributed by atoms with Gasteiger partial charge in [-0.2, -0.15) is 0 Å². The molecule has 0 radical (unpaired) electrons. The molecule has 3 aromatic rings. The van der Waals surface area contributed by atoms with E-state index in [0.29, 0.717) is 23.1 Å². The van der Waals surface area contributed by atoms with Gasteiger partial charge in [-0.1, -0.05) is 12.1 Å². The maximum absolute atomic E-state index is 13.2. The van der Waals surface area contributed by atoms with Crippen molar-refractivity contribution in [2.45, 2.75) is 23.7 Å². The fraction of sp³-hybridized carbons (Fsp3) is 0.333. The van der Waals surface area contributed by atoms with Crippen LogP contribution in [0.5, 0.6) is 0 Å². The zero-order chi connectivity index (χ0) is 21.5. The number of piperidine rings is 1. The van der Waals surface area contributed by atoms with Crippen LogP contribution in [0, 0.1) is 0 Å². The molecule has 1 saturated heterocycles. The molecular formula is C21H23BrN4O3S. The molecule has 7 nitrogen and oxygen atoms in total. The van der Waals surface area contributed by atoms with Crippen LogP contribution in [-0.2, 0) is 10.0 Å². The fourth-order valence-electron chi connectivity index (χ4n) is 3.76. The van der Waals surface area contributed by atoms with Crippen LogP contribution in [0.3, 0.4) is 0 Å². The molecule has 1 aliphatic rings. The number of benzene rings is 2. The number of likely N-dealkylation sites (tertiary alicyclic amines) is 1. The van der Waals surface area contributed by atoms with Gasteiger partial charge < -0.3 is 9.88 Å². The van der Waals surface area contributed by atoms with Crippen molar-refractivity contribution in [3.8, 4) is 0 Å². The van der Waals surface area contributed by atoms with Crippen LogP contribution in [0.2, 0.25) is 0 Å². The van der Waals surface area contributed by atoms with Gasteiger partial charge in [0.05, 0.1) is 15.9 Å². The monoisotopic (exact) mass is 490 g/mol. The molecule has 158 valence electrons. The summed E-state index contributed by atoms with van der Waals surface area (Å²) in [5, 5.41) is 0. The SMILES string of the molecule is CN(C)S(=O)(=O)c1cc(C(=O)N2CCCC(c3nc4ccccc4[nH]3)C2)ccc1Br. The molecule has 30 heavy (non-hydrogen) atoms. The summed E-state index contributed by atoms with van der Waals surface area (Å²) in [5.74, 6) is 0.842. The van der Waals surface area contributed by atoms with Crippen LogP contribution < -0.4 is 0 Å². The molecule has 0 spiro atoms. The number of halogens is 1. The highest BCUT2D eigenvalue weighted by Gasteiger charge is 2.29. The van der Waals surface area contributed by atoms with Crippen LogP contribution in [0.1, 0.15) is 34.9 Å². The molecule has 1 unspecified atom stereocenters. The van der Waals surface area contributed by atoms with Gasteiger partial charge in [-0.25, -0.2) is 17.7 Å². The molecule has 2 aromatic carbocycles. The molecule has 9 heteroatoms. The van der Waals surface area contributed by atoms with E-state index in [4.69, 9.17) is 4.98 Å². The molecule has 2 heterocycles. The summed E-state index contributed by atoms with van der Waals surface area (Å²) in [6, 6.07) is 12.6. The lowest BCUT2D eigenvalue weighted by atomic mass is 9.96. The summed E-state index contributed by atoms with van der Waals surface area (Å²) in [6.45, 7) is 1.19.